The highest BCUT2D eigenvalue weighted by Gasteiger charge is 2.03. The van der Waals surface area contributed by atoms with Crippen molar-refractivity contribution in [3.05, 3.63) is 65.9 Å². The summed E-state index contributed by atoms with van der Waals surface area (Å²) in [6.45, 7) is 2.66. The molecule has 1 aromatic carbocycles. The number of hydrogen-bond donors (Lipinski definition) is 1. The summed E-state index contributed by atoms with van der Waals surface area (Å²) in [4.78, 5) is 4.57. The maximum atomic E-state index is 12.8. The molecular weight excluding hydrogens is 241 g/mol. The molecule has 1 N–H and O–H groups in total. The van der Waals surface area contributed by atoms with E-state index >= 15 is 0 Å². The van der Waals surface area contributed by atoms with Gasteiger partial charge in [-0.15, -0.1) is 0 Å². The molecule has 0 aliphatic carbocycles. The molecule has 0 saturated carbocycles. The fourth-order valence-electron chi connectivity index (χ4n) is 2.05. The van der Waals surface area contributed by atoms with Crippen LogP contribution < -0.4 is 5.32 Å². The SMILES string of the molecule is Cc1cccn2cc(CNc3ccc(F)cc3)nc12. The van der Waals surface area contributed by atoms with Gasteiger partial charge in [0.2, 0.25) is 0 Å². The molecule has 0 fully saturated rings. The van der Waals surface area contributed by atoms with Gasteiger partial charge >= 0.3 is 0 Å². The lowest BCUT2D eigenvalue weighted by Crippen LogP contribution is -1.99. The lowest BCUT2D eigenvalue weighted by Gasteiger charge is -2.03. The molecule has 0 spiro atoms. The smallest absolute Gasteiger partial charge is 0.140 e. The van der Waals surface area contributed by atoms with Gasteiger partial charge in [0, 0.05) is 18.1 Å². The maximum Gasteiger partial charge on any atom is 0.140 e. The summed E-state index contributed by atoms with van der Waals surface area (Å²) >= 11 is 0. The van der Waals surface area contributed by atoms with Crippen LogP contribution in [0.1, 0.15) is 11.3 Å². The Labute approximate surface area is 110 Å². The van der Waals surface area contributed by atoms with Gasteiger partial charge in [-0.2, -0.15) is 0 Å². The number of rotatable bonds is 3. The van der Waals surface area contributed by atoms with Crippen molar-refractivity contribution in [3.8, 4) is 0 Å². The third kappa shape index (κ3) is 2.42. The van der Waals surface area contributed by atoms with Crippen LogP contribution in [-0.4, -0.2) is 9.38 Å². The molecule has 19 heavy (non-hydrogen) atoms. The number of nitrogens with zero attached hydrogens (tertiary/aromatic N) is 2. The number of benzene rings is 1. The van der Waals surface area contributed by atoms with E-state index in [1.165, 1.54) is 12.1 Å². The Bertz CT molecular complexity index is 701. The van der Waals surface area contributed by atoms with Crippen LogP contribution in [0.2, 0.25) is 0 Å². The molecule has 3 rings (SSSR count). The van der Waals surface area contributed by atoms with E-state index in [0.29, 0.717) is 6.54 Å². The number of aromatic nitrogens is 2. The van der Waals surface area contributed by atoms with Crippen LogP contribution >= 0.6 is 0 Å². The van der Waals surface area contributed by atoms with Crippen LogP contribution in [0.15, 0.2) is 48.8 Å². The molecule has 0 aliphatic heterocycles. The average Bonchev–Trinajstić information content (AvgIpc) is 2.83. The summed E-state index contributed by atoms with van der Waals surface area (Å²) in [5.41, 5.74) is 3.96. The summed E-state index contributed by atoms with van der Waals surface area (Å²) < 4.78 is 14.8. The van der Waals surface area contributed by atoms with Crippen LogP contribution in [0.25, 0.3) is 5.65 Å². The topological polar surface area (TPSA) is 29.3 Å². The van der Waals surface area contributed by atoms with Gasteiger partial charge < -0.3 is 9.72 Å². The first-order valence-corrected chi connectivity index (χ1v) is 6.15. The molecule has 0 saturated heterocycles. The van der Waals surface area contributed by atoms with Gasteiger partial charge in [-0.05, 0) is 42.8 Å². The summed E-state index contributed by atoms with van der Waals surface area (Å²) in [5.74, 6) is -0.228. The monoisotopic (exact) mass is 255 g/mol. The first-order chi connectivity index (χ1) is 9.22. The third-order valence-corrected chi connectivity index (χ3v) is 3.05. The number of fused-ring (bicyclic) bond motifs is 1. The van der Waals surface area contributed by atoms with Crippen molar-refractivity contribution in [1.82, 2.24) is 9.38 Å². The average molecular weight is 255 g/mol. The number of aryl methyl sites for hydroxylation is 1. The van der Waals surface area contributed by atoms with E-state index in [4.69, 9.17) is 0 Å². The first-order valence-electron chi connectivity index (χ1n) is 6.15. The fourth-order valence-corrected chi connectivity index (χ4v) is 2.05. The first kappa shape index (κ1) is 11.7. The number of anilines is 1. The Hall–Kier alpha value is -2.36. The minimum absolute atomic E-state index is 0.228. The molecule has 0 radical (unpaired) electrons. The second kappa shape index (κ2) is 4.72. The molecule has 3 nitrogen and oxygen atoms in total. The summed E-state index contributed by atoms with van der Waals surface area (Å²) in [5, 5.41) is 3.23. The molecule has 0 amide bonds. The predicted molar refractivity (Wildman–Crippen MR) is 73.7 cm³/mol. The Morgan fingerprint density at radius 2 is 2.00 bits per heavy atom. The molecule has 0 aliphatic rings. The zero-order chi connectivity index (χ0) is 13.2. The van der Waals surface area contributed by atoms with Gasteiger partial charge in [0.05, 0.1) is 12.2 Å². The van der Waals surface area contributed by atoms with Gasteiger partial charge in [0.1, 0.15) is 11.5 Å². The molecule has 3 aromatic rings. The van der Waals surface area contributed by atoms with Crippen molar-refractivity contribution in [1.29, 1.82) is 0 Å². The van der Waals surface area contributed by atoms with Crippen LogP contribution in [0.3, 0.4) is 0 Å². The molecule has 4 heteroatoms. The summed E-state index contributed by atoms with van der Waals surface area (Å²) in [6, 6.07) is 10.4. The molecule has 2 heterocycles. The molecule has 0 bridgehead atoms. The van der Waals surface area contributed by atoms with E-state index < -0.39 is 0 Å². The van der Waals surface area contributed by atoms with Crippen molar-refractivity contribution < 1.29 is 4.39 Å². The van der Waals surface area contributed by atoms with E-state index in [1.807, 2.05) is 35.9 Å². The molecular formula is C15H14FN3. The number of nitrogens with one attached hydrogen (secondary N) is 1. The fraction of sp³-hybridized carbons (Fsp3) is 0.133. The summed E-state index contributed by atoms with van der Waals surface area (Å²) in [7, 11) is 0. The van der Waals surface area contributed by atoms with Crippen molar-refractivity contribution in [2.45, 2.75) is 13.5 Å². The van der Waals surface area contributed by atoms with E-state index in [1.54, 1.807) is 12.1 Å². The largest absolute Gasteiger partial charge is 0.379 e. The van der Waals surface area contributed by atoms with Gasteiger partial charge in [-0.3, -0.25) is 0 Å². The summed E-state index contributed by atoms with van der Waals surface area (Å²) in [6.07, 6.45) is 3.98. The highest BCUT2D eigenvalue weighted by Crippen LogP contribution is 2.13. The Balaban J connectivity index is 1.78. The number of imidazole rings is 1. The number of halogens is 1. The Kier molecular flexibility index (Phi) is 2.91. The van der Waals surface area contributed by atoms with Crippen molar-refractivity contribution in [2.75, 3.05) is 5.32 Å². The van der Waals surface area contributed by atoms with E-state index in [9.17, 15) is 4.39 Å². The van der Waals surface area contributed by atoms with E-state index in [0.717, 1.165) is 22.6 Å². The second-order valence-corrected chi connectivity index (χ2v) is 4.51. The molecule has 0 atom stereocenters. The minimum Gasteiger partial charge on any atom is -0.379 e. The quantitative estimate of drug-likeness (QED) is 0.777. The lowest BCUT2D eigenvalue weighted by molar-refractivity contribution is 0.628. The van der Waals surface area contributed by atoms with Crippen LogP contribution in [0, 0.1) is 12.7 Å². The van der Waals surface area contributed by atoms with Gasteiger partial charge in [-0.1, -0.05) is 6.07 Å². The number of hydrogen-bond acceptors (Lipinski definition) is 2. The second-order valence-electron chi connectivity index (χ2n) is 4.51. The highest BCUT2D eigenvalue weighted by atomic mass is 19.1. The molecule has 2 aromatic heterocycles. The Morgan fingerprint density at radius 1 is 1.21 bits per heavy atom. The maximum absolute atomic E-state index is 12.8. The zero-order valence-corrected chi connectivity index (χ0v) is 10.6. The van der Waals surface area contributed by atoms with E-state index in [2.05, 4.69) is 10.3 Å². The third-order valence-electron chi connectivity index (χ3n) is 3.05. The highest BCUT2D eigenvalue weighted by molar-refractivity contribution is 5.49. The van der Waals surface area contributed by atoms with Crippen LogP contribution in [0.4, 0.5) is 10.1 Å². The molecule has 96 valence electrons. The Morgan fingerprint density at radius 3 is 2.74 bits per heavy atom. The van der Waals surface area contributed by atoms with Crippen LogP contribution in [0.5, 0.6) is 0 Å². The van der Waals surface area contributed by atoms with Crippen LogP contribution in [-0.2, 0) is 6.54 Å². The standard InChI is InChI=1S/C15H14FN3/c1-11-3-2-8-19-10-14(18-15(11)19)9-17-13-6-4-12(16)5-7-13/h2-8,10,17H,9H2,1H3. The van der Waals surface area contributed by atoms with Gasteiger partial charge in [0.15, 0.2) is 0 Å². The lowest BCUT2D eigenvalue weighted by atomic mass is 10.3. The van der Waals surface area contributed by atoms with Crippen molar-refractivity contribution in [2.24, 2.45) is 0 Å². The normalized spacial score (nSPS) is 10.8. The minimum atomic E-state index is -0.228. The number of pyridine rings is 1. The predicted octanol–water partition coefficient (Wildman–Crippen LogP) is 3.39. The van der Waals surface area contributed by atoms with Crippen molar-refractivity contribution in [3.63, 3.8) is 0 Å². The zero-order valence-electron chi connectivity index (χ0n) is 10.6. The van der Waals surface area contributed by atoms with Crippen molar-refractivity contribution >= 4 is 11.3 Å². The van der Waals surface area contributed by atoms with E-state index in [-0.39, 0.29) is 5.82 Å². The molecule has 0 unspecified atom stereocenters. The van der Waals surface area contributed by atoms with Gasteiger partial charge in [-0.25, -0.2) is 9.37 Å². The van der Waals surface area contributed by atoms with Gasteiger partial charge in [0.25, 0.3) is 0 Å².